The second-order valence-corrected chi connectivity index (χ2v) is 7.14. The number of ether oxygens (including phenoxy) is 1. The second kappa shape index (κ2) is 6.23. The number of hydrogen-bond acceptors (Lipinski definition) is 3. The lowest BCUT2D eigenvalue weighted by Crippen LogP contribution is -2.43. The number of halogens is 1. The van der Waals surface area contributed by atoms with Gasteiger partial charge in [-0.2, -0.15) is 0 Å². The van der Waals surface area contributed by atoms with E-state index < -0.39 is 0 Å². The van der Waals surface area contributed by atoms with Crippen LogP contribution in [0.4, 0.5) is 4.39 Å². The maximum Gasteiger partial charge on any atom is 0.259 e. The summed E-state index contributed by atoms with van der Waals surface area (Å²) in [5.41, 5.74) is 1.03. The van der Waals surface area contributed by atoms with Gasteiger partial charge in [0.05, 0.1) is 6.54 Å². The van der Waals surface area contributed by atoms with E-state index in [9.17, 15) is 9.18 Å². The van der Waals surface area contributed by atoms with E-state index in [1.54, 1.807) is 29.3 Å². The van der Waals surface area contributed by atoms with E-state index in [-0.39, 0.29) is 23.2 Å². The molecule has 0 saturated carbocycles. The first-order valence-corrected chi connectivity index (χ1v) is 8.00. The molecule has 1 amide bonds. The van der Waals surface area contributed by atoms with Crippen molar-refractivity contribution in [3.8, 4) is 5.88 Å². The fourth-order valence-electron chi connectivity index (χ4n) is 2.72. The summed E-state index contributed by atoms with van der Waals surface area (Å²) in [6.45, 7) is 6.96. The molecule has 2 aromatic rings. The van der Waals surface area contributed by atoms with Crippen LogP contribution in [0.2, 0.25) is 0 Å². The Morgan fingerprint density at radius 1 is 1.29 bits per heavy atom. The molecule has 1 aliphatic heterocycles. The van der Waals surface area contributed by atoms with E-state index in [2.05, 4.69) is 25.8 Å². The third-order valence-electron chi connectivity index (χ3n) is 4.16. The molecular formula is C19H21FN2O2. The zero-order valence-corrected chi connectivity index (χ0v) is 14.1. The van der Waals surface area contributed by atoms with Gasteiger partial charge in [-0.3, -0.25) is 4.79 Å². The Morgan fingerprint density at radius 2 is 2.08 bits per heavy atom. The van der Waals surface area contributed by atoms with Crippen LogP contribution in [0.5, 0.6) is 5.88 Å². The molecule has 0 bridgehead atoms. The molecule has 5 heteroatoms. The number of carbonyl (C=O) groups is 1. The first kappa shape index (κ1) is 16.4. The van der Waals surface area contributed by atoms with E-state index in [0.717, 1.165) is 5.56 Å². The minimum absolute atomic E-state index is 0.144. The maximum atomic E-state index is 13.5. The third kappa shape index (κ3) is 3.40. The molecule has 0 radical (unpaired) electrons. The number of carbonyl (C=O) groups excluding carboxylic acids is 1. The maximum absolute atomic E-state index is 13.5. The average molecular weight is 328 g/mol. The van der Waals surface area contributed by atoms with Crippen molar-refractivity contribution >= 4 is 5.91 Å². The lowest BCUT2D eigenvalue weighted by Gasteiger charge is -2.32. The van der Waals surface area contributed by atoms with Crippen molar-refractivity contribution in [2.75, 3.05) is 6.54 Å². The number of amides is 1. The largest absolute Gasteiger partial charge is 0.471 e. The monoisotopic (exact) mass is 328 g/mol. The predicted molar refractivity (Wildman–Crippen MR) is 89.2 cm³/mol. The summed E-state index contributed by atoms with van der Waals surface area (Å²) in [5.74, 6) is -0.0845. The highest BCUT2D eigenvalue weighted by molar-refractivity contribution is 5.96. The summed E-state index contributed by atoms with van der Waals surface area (Å²) in [7, 11) is 0. The molecule has 2 heterocycles. The van der Waals surface area contributed by atoms with Gasteiger partial charge in [-0.25, -0.2) is 9.37 Å². The zero-order valence-electron chi connectivity index (χ0n) is 14.1. The molecule has 0 fully saturated rings. The van der Waals surface area contributed by atoms with Gasteiger partial charge in [-0.05, 0) is 29.8 Å². The van der Waals surface area contributed by atoms with Crippen LogP contribution in [0.15, 0.2) is 42.6 Å². The lowest BCUT2D eigenvalue weighted by atomic mass is 9.88. The highest BCUT2D eigenvalue weighted by Crippen LogP contribution is 2.31. The molecule has 1 aliphatic rings. The summed E-state index contributed by atoms with van der Waals surface area (Å²) in [6, 6.07) is 9.76. The molecule has 0 saturated heterocycles. The zero-order chi connectivity index (χ0) is 17.3. The molecule has 0 N–H and O–H groups in total. The van der Waals surface area contributed by atoms with Gasteiger partial charge >= 0.3 is 0 Å². The highest BCUT2D eigenvalue weighted by Gasteiger charge is 2.35. The normalized spacial score (nSPS) is 17.9. The first-order valence-electron chi connectivity index (χ1n) is 8.00. The number of fused-ring (bicyclic) bond motifs is 1. The number of rotatable bonds is 2. The Bertz CT molecular complexity index is 755. The summed E-state index contributed by atoms with van der Waals surface area (Å²) in [6.07, 6.45) is 1.42. The van der Waals surface area contributed by atoms with Crippen LogP contribution in [0.3, 0.4) is 0 Å². The summed E-state index contributed by atoms with van der Waals surface area (Å²) >= 11 is 0. The highest BCUT2D eigenvalue weighted by atomic mass is 19.1. The van der Waals surface area contributed by atoms with Crippen molar-refractivity contribution in [1.29, 1.82) is 0 Å². The Kier molecular flexibility index (Phi) is 4.26. The van der Waals surface area contributed by atoms with Crippen LogP contribution >= 0.6 is 0 Å². The van der Waals surface area contributed by atoms with Crippen LogP contribution in [0, 0.1) is 11.2 Å². The molecular weight excluding hydrogens is 307 g/mol. The first-order chi connectivity index (χ1) is 11.3. The summed E-state index contributed by atoms with van der Waals surface area (Å²) in [5, 5.41) is 0. The van der Waals surface area contributed by atoms with Crippen LogP contribution in [-0.4, -0.2) is 28.4 Å². The van der Waals surface area contributed by atoms with Gasteiger partial charge in [0.1, 0.15) is 17.5 Å². The van der Waals surface area contributed by atoms with Crippen molar-refractivity contribution in [2.24, 2.45) is 5.41 Å². The van der Waals surface area contributed by atoms with Gasteiger partial charge in [0.15, 0.2) is 0 Å². The smallest absolute Gasteiger partial charge is 0.259 e. The fourth-order valence-corrected chi connectivity index (χ4v) is 2.72. The topological polar surface area (TPSA) is 42.4 Å². The van der Waals surface area contributed by atoms with Crippen molar-refractivity contribution in [2.45, 2.75) is 33.4 Å². The molecule has 24 heavy (non-hydrogen) atoms. The van der Waals surface area contributed by atoms with Crippen molar-refractivity contribution in [3.63, 3.8) is 0 Å². The molecule has 1 unspecified atom stereocenters. The minimum Gasteiger partial charge on any atom is -0.471 e. The van der Waals surface area contributed by atoms with Gasteiger partial charge in [-0.15, -0.1) is 0 Å². The molecule has 0 aliphatic carbocycles. The van der Waals surface area contributed by atoms with Gasteiger partial charge in [0, 0.05) is 18.2 Å². The van der Waals surface area contributed by atoms with Crippen molar-refractivity contribution in [1.82, 2.24) is 9.88 Å². The van der Waals surface area contributed by atoms with Crippen LogP contribution < -0.4 is 4.74 Å². The standard InChI is InChI=1S/C19H21FN2O2/c1-19(2,3)16-12-22(11-13-6-4-7-14(20)10-13)18(23)15-8-5-9-21-17(15)24-16/h4-10,16H,11-12H2,1-3H3. The number of aromatic nitrogens is 1. The van der Waals surface area contributed by atoms with Gasteiger partial charge in [0.25, 0.3) is 5.91 Å². The van der Waals surface area contributed by atoms with E-state index in [1.807, 2.05) is 6.07 Å². The number of benzene rings is 1. The summed E-state index contributed by atoms with van der Waals surface area (Å²) < 4.78 is 19.5. The lowest BCUT2D eigenvalue weighted by molar-refractivity contribution is 0.0451. The molecule has 4 nitrogen and oxygen atoms in total. The number of hydrogen-bond donors (Lipinski definition) is 0. The van der Waals surface area contributed by atoms with E-state index in [0.29, 0.717) is 24.5 Å². The fraction of sp³-hybridized carbons (Fsp3) is 0.368. The quantitative estimate of drug-likeness (QED) is 0.845. The van der Waals surface area contributed by atoms with E-state index in [1.165, 1.54) is 12.1 Å². The Balaban J connectivity index is 1.96. The third-order valence-corrected chi connectivity index (χ3v) is 4.16. The number of pyridine rings is 1. The summed E-state index contributed by atoms with van der Waals surface area (Å²) in [4.78, 5) is 18.8. The van der Waals surface area contributed by atoms with Crippen molar-refractivity contribution in [3.05, 3.63) is 59.5 Å². The average Bonchev–Trinajstić information content (AvgIpc) is 2.65. The Morgan fingerprint density at radius 3 is 2.79 bits per heavy atom. The molecule has 1 aromatic carbocycles. The Hall–Kier alpha value is -2.43. The number of nitrogens with zero attached hydrogens (tertiary/aromatic N) is 2. The molecule has 3 rings (SSSR count). The SMILES string of the molecule is CC(C)(C)C1CN(Cc2cccc(F)c2)C(=O)c2cccnc2O1. The molecule has 126 valence electrons. The van der Waals surface area contributed by atoms with Crippen molar-refractivity contribution < 1.29 is 13.9 Å². The van der Waals surface area contributed by atoms with Crippen LogP contribution in [0.1, 0.15) is 36.7 Å². The van der Waals surface area contributed by atoms with Crippen LogP contribution in [-0.2, 0) is 6.54 Å². The molecule has 1 aromatic heterocycles. The van der Waals surface area contributed by atoms with Gasteiger partial charge in [-0.1, -0.05) is 32.9 Å². The predicted octanol–water partition coefficient (Wildman–Crippen LogP) is 3.67. The minimum atomic E-state index is -0.305. The molecule has 1 atom stereocenters. The Labute approximate surface area is 141 Å². The second-order valence-electron chi connectivity index (χ2n) is 7.14. The van der Waals surface area contributed by atoms with E-state index >= 15 is 0 Å². The van der Waals surface area contributed by atoms with Gasteiger partial charge in [0.2, 0.25) is 5.88 Å². The molecule has 0 spiro atoms. The van der Waals surface area contributed by atoms with Crippen LogP contribution in [0.25, 0.3) is 0 Å². The van der Waals surface area contributed by atoms with Gasteiger partial charge < -0.3 is 9.64 Å². The van der Waals surface area contributed by atoms with E-state index in [4.69, 9.17) is 4.74 Å².